The van der Waals surface area contributed by atoms with Gasteiger partial charge >= 0.3 is 0 Å². The normalized spacial score (nSPS) is 11.5. The standard InChI is InChI=1S/C23H26N2O5S/c1-17(2)12-14-30-20-6-3-5-18(15-20)23(26)25-19-8-10-22(11-9-19)31(27,28)24-16-21-7-4-13-29-21/h3-11,13,15,17,24H,12,14,16H2,1-2H3,(H,25,26). The number of carbonyl (C=O) groups is 1. The van der Waals surface area contributed by atoms with E-state index in [4.69, 9.17) is 9.15 Å². The second-order valence-electron chi connectivity index (χ2n) is 7.44. The maximum Gasteiger partial charge on any atom is 0.255 e. The average molecular weight is 443 g/mol. The number of amides is 1. The maximum absolute atomic E-state index is 12.6. The second kappa shape index (κ2) is 10.3. The van der Waals surface area contributed by atoms with Crippen molar-refractivity contribution in [3.63, 3.8) is 0 Å². The van der Waals surface area contributed by atoms with Gasteiger partial charge < -0.3 is 14.5 Å². The van der Waals surface area contributed by atoms with Crippen LogP contribution in [0.2, 0.25) is 0 Å². The Morgan fingerprint density at radius 1 is 1.06 bits per heavy atom. The van der Waals surface area contributed by atoms with Crippen LogP contribution in [0.4, 0.5) is 5.69 Å². The molecule has 0 atom stereocenters. The van der Waals surface area contributed by atoms with Gasteiger partial charge in [0.2, 0.25) is 10.0 Å². The topological polar surface area (TPSA) is 97.6 Å². The molecule has 2 aromatic carbocycles. The van der Waals surface area contributed by atoms with E-state index in [9.17, 15) is 13.2 Å². The lowest BCUT2D eigenvalue weighted by Gasteiger charge is -2.10. The molecule has 0 bridgehead atoms. The highest BCUT2D eigenvalue weighted by atomic mass is 32.2. The summed E-state index contributed by atoms with van der Waals surface area (Å²) in [6.45, 7) is 4.90. The summed E-state index contributed by atoms with van der Waals surface area (Å²) in [5.74, 6) is 1.39. The molecule has 0 radical (unpaired) electrons. The highest BCUT2D eigenvalue weighted by Crippen LogP contribution is 2.18. The van der Waals surface area contributed by atoms with Crippen LogP contribution >= 0.6 is 0 Å². The quantitative estimate of drug-likeness (QED) is 0.484. The van der Waals surface area contributed by atoms with E-state index in [1.54, 1.807) is 42.5 Å². The van der Waals surface area contributed by atoms with E-state index in [0.717, 1.165) is 6.42 Å². The molecule has 2 N–H and O–H groups in total. The fourth-order valence-electron chi connectivity index (χ4n) is 2.72. The van der Waals surface area contributed by atoms with Crippen LogP contribution in [0.5, 0.6) is 5.75 Å². The van der Waals surface area contributed by atoms with Crippen molar-refractivity contribution in [2.24, 2.45) is 5.92 Å². The molecule has 8 heteroatoms. The Labute approximate surface area is 182 Å². The van der Waals surface area contributed by atoms with Gasteiger partial charge in [0.1, 0.15) is 11.5 Å². The molecule has 164 valence electrons. The van der Waals surface area contributed by atoms with E-state index < -0.39 is 10.0 Å². The molecule has 0 aliphatic carbocycles. The van der Waals surface area contributed by atoms with Gasteiger partial charge in [0.15, 0.2) is 0 Å². The molecule has 7 nitrogen and oxygen atoms in total. The predicted octanol–water partition coefficient (Wildman–Crippen LogP) is 4.44. The lowest BCUT2D eigenvalue weighted by atomic mass is 10.1. The first kappa shape index (κ1) is 22.6. The number of hydrogen-bond acceptors (Lipinski definition) is 5. The van der Waals surface area contributed by atoms with Crippen molar-refractivity contribution in [3.8, 4) is 5.75 Å². The summed E-state index contributed by atoms with van der Waals surface area (Å²) >= 11 is 0. The number of furan rings is 1. The monoisotopic (exact) mass is 442 g/mol. The molecular formula is C23H26N2O5S. The highest BCUT2D eigenvalue weighted by molar-refractivity contribution is 7.89. The van der Waals surface area contributed by atoms with Crippen LogP contribution in [-0.2, 0) is 16.6 Å². The Kier molecular flexibility index (Phi) is 7.49. The van der Waals surface area contributed by atoms with Crippen molar-refractivity contribution in [1.82, 2.24) is 4.72 Å². The van der Waals surface area contributed by atoms with Gasteiger partial charge in [-0.1, -0.05) is 19.9 Å². The first-order valence-corrected chi connectivity index (χ1v) is 11.5. The number of ether oxygens (including phenoxy) is 1. The molecule has 1 amide bonds. The fraction of sp³-hybridized carbons (Fsp3) is 0.261. The minimum Gasteiger partial charge on any atom is -0.494 e. The maximum atomic E-state index is 12.6. The van der Waals surface area contributed by atoms with Crippen molar-refractivity contribution >= 4 is 21.6 Å². The van der Waals surface area contributed by atoms with Crippen molar-refractivity contribution in [1.29, 1.82) is 0 Å². The largest absolute Gasteiger partial charge is 0.494 e. The van der Waals surface area contributed by atoms with Gasteiger partial charge in [-0.2, -0.15) is 0 Å². The molecule has 0 spiro atoms. The van der Waals surface area contributed by atoms with E-state index >= 15 is 0 Å². The van der Waals surface area contributed by atoms with Crippen LogP contribution in [0.25, 0.3) is 0 Å². The Balaban J connectivity index is 1.59. The molecule has 3 aromatic rings. The summed E-state index contributed by atoms with van der Waals surface area (Å²) in [5.41, 5.74) is 0.944. The Morgan fingerprint density at radius 2 is 1.84 bits per heavy atom. The summed E-state index contributed by atoms with van der Waals surface area (Å²) < 4.78 is 38.1. The van der Waals surface area contributed by atoms with E-state index in [0.29, 0.717) is 35.3 Å². The minimum absolute atomic E-state index is 0.0589. The first-order valence-electron chi connectivity index (χ1n) is 10.00. The summed E-state index contributed by atoms with van der Waals surface area (Å²) in [5, 5.41) is 2.77. The SMILES string of the molecule is CC(C)CCOc1cccc(C(=O)Nc2ccc(S(=O)(=O)NCc3ccco3)cc2)c1. The molecule has 0 saturated heterocycles. The van der Waals surface area contributed by atoms with Crippen LogP contribution in [0.3, 0.4) is 0 Å². The zero-order valence-corrected chi connectivity index (χ0v) is 18.3. The summed E-state index contributed by atoms with van der Waals surface area (Å²) in [6.07, 6.45) is 2.41. The molecule has 0 aliphatic heterocycles. The number of carbonyl (C=O) groups excluding carboxylic acids is 1. The average Bonchev–Trinajstić information content (AvgIpc) is 3.26. The van der Waals surface area contributed by atoms with Crippen LogP contribution in [0.15, 0.2) is 76.2 Å². The third kappa shape index (κ3) is 6.70. The smallest absolute Gasteiger partial charge is 0.255 e. The van der Waals surface area contributed by atoms with Gasteiger partial charge in [-0.15, -0.1) is 0 Å². The third-order valence-electron chi connectivity index (χ3n) is 4.50. The van der Waals surface area contributed by atoms with Crippen molar-refractivity contribution in [3.05, 3.63) is 78.3 Å². The fourth-order valence-corrected chi connectivity index (χ4v) is 3.72. The van der Waals surface area contributed by atoms with E-state index in [1.165, 1.54) is 18.4 Å². The summed E-state index contributed by atoms with van der Waals surface area (Å²) in [6, 6.07) is 16.3. The van der Waals surface area contributed by atoms with Gasteiger partial charge in [0.25, 0.3) is 5.91 Å². The molecular weight excluding hydrogens is 416 g/mol. The van der Waals surface area contributed by atoms with Gasteiger partial charge in [0, 0.05) is 11.3 Å². The number of sulfonamides is 1. The minimum atomic E-state index is -3.69. The Hall–Kier alpha value is -3.10. The van der Waals surface area contributed by atoms with Gasteiger partial charge in [-0.25, -0.2) is 13.1 Å². The molecule has 0 aliphatic rings. The number of hydrogen-bond donors (Lipinski definition) is 2. The van der Waals surface area contributed by atoms with E-state index in [2.05, 4.69) is 23.9 Å². The molecule has 31 heavy (non-hydrogen) atoms. The summed E-state index contributed by atoms with van der Waals surface area (Å²) in [7, 11) is -3.69. The van der Waals surface area contributed by atoms with Crippen LogP contribution in [0.1, 0.15) is 36.4 Å². The molecule has 1 heterocycles. The second-order valence-corrected chi connectivity index (χ2v) is 9.21. The molecule has 0 saturated carbocycles. The number of rotatable bonds is 10. The van der Waals surface area contributed by atoms with Crippen LogP contribution in [0, 0.1) is 5.92 Å². The van der Waals surface area contributed by atoms with E-state index in [-0.39, 0.29) is 17.3 Å². The van der Waals surface area contributed by atoms with Gasteiger partial charge in [-0.3, -0.25) is 4.79 Å². The van der Waals surface area contributed by atoms with Crippen LogP contribution < -0.4 is 14.8 Å². The highest BCUT2D eigenvalue weighted by Gasteiger charge is 2.15. The van der Waals surface area contributed by atoms with Crippen molar-refractivity contribution < 1.29 is 22.4 Å². The zero-order chi connectivity index (χ0) is 22.3. The van der Waals surface area contributed by atoms with E-state index in [1.807, 2.05) is 6.07 Å². The van der Waals surface area contributed by atoms with Crippen LogP contribution in [-0.4, -0.2) is 20.9 Å². The zero-order valence-electron chi connectivity index (χ0n) is 17.5. The number of benzene rings is 2. The first-order chi connectivity index (χ1) is 14.8. The molecule has 3 rings (SSSR count). The molecule has 0 fully saturated rings. The lowest BCUT2D eigenvalue weighted by Crippen LogP contribution is -2.23. The van der Waals surface area contributed by atoms with Crippen molar-refractivity contribution in [2.75, 3.05) is 11.9 Å². The van der Waals surface area contributed by atoms with Gasteiger partial charge in [-0.05, 0) is 66.9 Å². The lowest BCUT2D eigenvalue weighted by molar-refractivity contribution is 0.102. The third-order valence-corrected chi connectivity index (χ3v) is 5.92. The van der Waals surface area contributed by atoms with Crippen molar-refractivity contribution in [2.45, 2.75) is 31.7 Å². The number of anilines is 1. The van der Waals surface area contributed by atoms with Gasteiger partial charge in [0.05, 0.1) is 24.3 Å². The Morgan fingerprint density at radius 3 is 2.52 bits per heavy atom. The molecule has 0 unspecified atom stereocenters. The predicted molar refractivity (Wildman–Crippen MR) is 119 cm³/mol. The Bertz CT molecular complexity index is 1090. The number of nitrogens with one attached hydrogen (secondary N) is 2. The molecule has 1 aromatic heterocycles. The summed E-state index contributed by atoms with van der Waals surface area (Å²) in [4.78, 5) is 12.7.